The first-order valence-corrected chi connectivity index (χ1v) is 10.4. The zero-order valence-corrected chi connectivity index (χ0v) is 15.4. The molecule has 4 aliphatic carbocycles. The molecule has 2 nitrogen and oxygen atoms in total. The van der Waals surface area contributed by atoms with E-state index in [1.54, 1.807) is 0 Å². The summed E-state index contributed by atoms with van der Waals surface area (Å²) in [4.78, 5) is 12.0. The fraction of sp³-hybridized carbons (Fsp3) is 0.864. The molecule has 2 heteroatoms. The van der Waals surface area contributed by atoms with Crippen LogP contribution >= 0.6 is 0 Å². The molecular formula is C22H33NO. The molecule has 0 aromatic rings. The van der Waals surface area contributed by atoms with Crippen LogP contribution in [-0.2, 0) is 4.79 Å². The van der Waals surface area contributed by atoms with Crippen LogP contribution in [0.15, 0.2) is 12.2 Å². The van der Waals surface area contributed by atoms with Gasteiger partial charge < -0.3 is 5.32 Å². The van der Waals surface area contributed by atoms with Crippen LogP contribution in [0.25, 0.3) is 0 Å². The van der Waals surface area contributed by atoms with E-state index in [2.05, 4.69) is 31.3 Å². The number of allylic oxidation sites excluding steroid dienone is 2. The van der Waals surface area contributed by atoms with E-state index in [0.717, 1.165) is 49.0 Å². The number of hydrogen-bond donors (Lipinski definition) is 1. The summed E-state index contributed by atoms with van der Waals surface area (Å²) < 4.78 is 0. The summed E-state index contributed by atoms with van der Waals surface area (Å²) in [5.74, 6) is 4.48. The van der Waals surface area contributed by atoms with E-state index in [-0.39, 0.29) is 0 Å². The summed E-state index contributed by atoms with van der Waals surface area (Å²) in [5, 5.41) is 3.53. The lowest BCUT2D eigenvalue weighted by molar-refractivity contribution is -0.128. The minimum Gasteiger partial charge on any atom is -0.311 e. The molecule has 8 atom stereocenters. The van der Waals surface area contributed by atoms with Gasteiger partial charge in [-0.2, -0.15) is 0 Å². The number of nitrogens with one attached hydrogen (secondary N) is 1. The lowest BCUT2D eigenvalue weighted by atomic mass is 9.46. The van der Waals surface area contributed by atoms with Crippen molar-refractivity contribution < 1.29 is 4.79 Å². The summed E-state index contributed by atoms with van der Waals surface area (Å²) in [7, 11) is 0. The van der Waals surface area contributed by atoms with E-state index in [4.69, 9.17) is 0 Å². The quantitative estimate of drug-likeness (QED) is 0.605. The first-order valence-electron chi connectivity index (χ1n) is 10.4. The van der Waals surface area contributed by atoms with Crippen LogP contribution in [0.2, 0.25) is 0 Å². The number of Topliss-reactive ketones (excluding diaryl/α,β-unsaturated/α-hetero) is 1. The molecule has 24 heavy (non-hydrogen) atoms. The lowest BCUT2D eigenvalue weighted by Crippen LogP contribution is -2.51. The molecule has 1 N–H and O–H groups in total. The van der Waals surface area contributed by atoms with Crippen molar-refractivity contribution in [1.29, 1.82) is 0 Å². The third kappa shape index (κ3) is 2.14. The Kier molecular flexibility index (Phi) is 3.38. The Balaban J connectivity index is 1.43. The molecular weight excluding hydrogens is 294 g/mol. The van der Waals surface area contributed by atoms with Crippen LogP contribution in [0.5, 0.6) is 0 Å². The number of fused-ring (bicyclic) bond motifs is 5. The van der Waals surface area contributed by atoms with Gasteiger partial charge in [0.25, 0.3) is 0 Å². The monoisotopic (exact) mass is 327 g/mol. The van der Waals surface area contributed by atoms with Crippen molar-refractivity contribution in [2.75, 3.05) is 6.54 Å². The third-order valence-electron chi connectivity index (χ3n) is 9.24. The SMILES string of the molecule is C[C@]12CC[C@H]3[C@@H](C=CC4CC(=O)CC[C@@]43C)[C@@H]1CC[C@@H]2CC1CN1. The standard InChI is InChI=1S/C22H33NO/c1-21-9-7-17(24)12-15(21)3-5-18-19-6-4-14(11-16-13-23-16)22(19,2)10-8-20(18)21/h3,5,14-16,18-20,23H,4,6-13H2,1-2H3/t14-,15?,16?,18+,19+,20+,21+,22-/m1/s1. The van der Waals surface area contributed by atoms with E-state index < -0.39 is 0 Å². The molecule has 1 heterocycles. The minimum absolute atomic E-state index is 0.394. The number of carbonyl (C=O) groups excluding carboxylic acids is 1. The van der Waals surface area contributed by atoms with Gasteiger partial charge in [0.15, 0.2) is 0 Å². The highest BCUT2D eigenvalue weighted by molar-refractivity contribution is 5.80. The molecule has 0 radical (unpaired) electrons. The van der Waals surface area contributed by atoms with Crippen LogP contribution < -0.4 is 5.32 Å². The highest BCUT2D eigenvalue weighted by Crippen LogP contribution is 2.66. The van der Waals surface area contributed by atoms with Crippen molar-refractivity contribution >= 4 is 5.78 Å². The van der Waals surface area contributed by atoms with E-state index in [1.807, 2.05) is 0 Å². The maximum Gasteiger partial charge on any atom is 0.133 e. The van der Waals surface area contributed by atoms with Crippen LogP contribution in [-0.4, -0.2) is 18.4 Å². The van der Waals surface area contributed by atoms with Gasteiger partial charge in [-0.05, 0) is 78.9 Å². The summed E-state index contributed by atoms with van der Waals surface area (Å²) >= 11 is 0. The van der Waals surface area contributed by atoms with Crippen LogP contribution in [0.4, 0.5) is 0 Å². The van der Waals surface area contributed by atoms with E-state index in [0.29, 0.717) is 22.5 Å². The summed E-state index contributed by atoms with van der Waals surface area (Å²) in [6.07, 6.45) is 15.0. The Hall–Kier alpha value is -0.630. The molecule has 2 unspecified atom stereocenters. The zero-order valence-electron chi connectivity index (χ0n) is 15.4. The van der Waals surface area contributed by atoms with Crippen molar-refractivity contribution in [2.45, 2.75) is 71.3 Å². The molecule has 0 amide bonds. The smallest absolute Gasteiger partial charge is 0.133 e. The van der Waals surface area contributed by atoms with Crippen LogP contribution in [0.1, 0.15) is 65.2 Å². The lowest BCUT2D eigenvalue weighted by Gasteiger charge is -2.58. The van der Waals surface area contributed by atoms with E-state index in [1.165, 1.54) is 38.6 Å². The van der Waals surface area contributed by atoms with Gasteiger partial charge in [0.2, 0.25) is 0 Å². The summed E-state index contributed by atoms with van der Waals surface area (Å²) in [5.41, 5.74) is 0.967. The normalized spacial score (nSPS) is 55.7. The minimum atomic E-state index is 0.394. The zero-order chi connectivity index (χ0) is 16.5. The fourth-order valence-corrected chi connectivity index (χ4v) is 7.51. The topological polar surface area (TPSA) is 39.0 Å². The van der Waals surface area contributed by atoms with Crippen molar-refractivity contribution in [2.24, 2.45) is 40.4 Å². The van der Waals surface area contributed by atoms with Crippen molar-refractivity contribution in [3.8, 4) is 0 Å². The number of ketones is 1. The van der Waals surface area contributed by atoms with Crippen LogP contribution in [0.3, 0.4) is 0 Å². The molecule has 5 rings (SSSR count). The van der Waals surface area contributed by atoms with Gasteiger partial charge >= 0.3 is 0 Å². The average molecular weight is 328 g/mol. The van der Waals surface area contributed by atoms with Crippen molar-refractivity contribution in [3.05, 3.63) is 12.2 Å². The Morgan fingerprint density at radius 3 is 2.67 bits per heavy atom. The molecule has 4 fully saturated rings. The number of carbonyl (C=O) groups is 1. The van der Waals surface area contributed by atoms with E-state index in [9.17, 15) is 4.79 Å². The Bertz CT molecular complexity index is 579. The Labute approximate surface area is 146 Å². The third-order valence-corrected chi connectivity index (χ3v) is 9.24. The average Bonchev–Trinajstić information content (AvgIpc) is 3.31. The molecule has 0 aromatic carbocycles. The van der Waals surface area contributed by atoms with E-state index >= 15 is 0 Å². The summed E-state index contributed by atoms with van der Waals surface area (Å²) in [6, 6.07) is 0.830. The predicted octanol–water partition coefficient (Wildman–Crippen LogP) is 4.35. The predicted molar refractivity (Wildman–Crippen MR) is 96.5 cm³/mol. The second-order valence-corrected chi connectivity index (χ2v) is 10.2. The maximum atomic E-state index is 12.0. The van der Waals surface area contributed by atoms with Gasteiger partial charge in [-0.15, -0.1) is 0 Å². The molecule has 3 saturated carbocycles. The molecule has 0 bridgehead atoms. The van der Waals surface area contributed by atoms with Gasteiger partial charge in [-0.25, -0.2) is 0 Å². The highest BCUT2D eigenvalue weighted by Gasteiger charge is 2.59. The Morgan fingerprint density at radius 2 is 1.88 bits per heavy atom. The van der Waals surface area contributed by atoms with Gasteiger partial charge in [0, 0.05) is 25.4 Å². The molecule has 0 aromatic heterocycles. The first-order chi connectivity index (χ1) is 11.5. The van der Waals surface area contributed by atoms with Gasteiger partial charge in [-0.3, -0.25) is 4.79 Å². The van der Waals surface area contributed by atoms with Gasteiger partial charge in [-0.1, -0.05) is 26.0 Å². The van der Waals surface area contributed by atoms with Crippen molar-refractivity contribution in [3.63, 3.8) is 0 Å². The van der Waals surface area contributed by atoms with Crippen LogP contribution in [0, 0.1) is 40.4 Å². The molecule has 5 aliphatic rings. The number of rotatable bonds is 2. The maximum absolute atomic E-state index is 12.0. The van der Waals surface area contributed by atoms with Crippen molar-refractivity contribution in [1.82, 2.24) is 5.32 Å². The number of hydrogen-bond acceptors (Lipinski definition) is 2. The largest absolute Gasteiger partial charge is 0.311 e. The molecule has 0 spiro atoms. The second kappa shape index (κ2) is 5.19. The highest BCUT2D eigenvalue weighted by atomic mass is 16.1. The molecule has 1 saturated heterocycles. The fourth-order valence-electron chi connectivity index (χ4n) is 7.51. The summed E-state index contributed by atoms with van der Waals surface area (Å²) in [6.45, 7) is 6.41. The second-order valence-electron chi connectivity index (χ2n) is 10.2. The molecule has 1 aliphatic heterocycles. The molecule has 132 valence electrons. The Morgan fingerprint density at radius 1 is 1.08 bits per heavy atom. The first kappa shape index (κ1) is 15.6. The van der Waals surface area contributed by atoms with Gasteiger partial charge in [0.1, 0.15) is 5.78 Å². The van der Waals surface area contributed by atoms with Gasteiger partial charge in [0.05, 0.1) is 0 Å².